The quantitative estimate of drug-likeness (QED) is 0.683. The lowest BCUT2D eigenvalue weighted by Gasteiger charge is -2.43. The van der Waals surface area contributed by atoms with Crippen LogP contribution >= 0.6 is 11.3 Å². The summed E-state index contributed by atoms with van der Waals surface area (Å²) >= 11 is 1.66. The van der Waals surface area contributed by atoms with E-state index in [4.69, 9.17) is 0 Å². The Morgan fingerprint density at radius 3 is 2.75 bits per heavy atom. The molecule has 6 heteroatoms. The molecule has 2 aliphatic rings. The number of hydrogen-bond donors (Lipinski definition) is 0. The molecule has 2 aliphatic heterocycles. The minimum Gasteiger partial charge on any atom is -0.346 e. The normalized spacial score (nSPS) is 21.9. The van der Waals surface area contributed by atoms with Gasteiger partial charge in [-0.15, -0.1) is 0 Å². The molecule has 3 aromatic rings. The SMILES string of the molecule is O=C(CC(c1ccsc1)n1cccc1)N1C[C@H]2C[C@@H](C1)c1cccc(=O)n1C2. The van der Waals surface area contributed by atoms with Gasteiger partial charge < -0.3 is 14.0 Å². The minimum absolute atomic E-state index is 0.0328. The van der Waals surface area contributed by atoms with Gasteiger partial charge in [0.1, 0.15) is 0 Å². The second-order valence-electron chi connectivity index (χ2n) is 7.90. The summed E-state index contributed by atoms with van der Waals surface area (Å²) in [6, 6.07) is 11.7. The van der Waals surface area contributed by atoms with E-state index in [1.54, 1.807) is 17.4 Å². The summed E-state index contributed by atoms with van der Waals surface area (Å²) in [5.74, 6) is 0.823. The van der Waals surface area contributed by atoms with Gasteiger partial charge in [0.05, 0.1) is 12.5 Å². The van der Waals surface area contributed by atoms with Crippen molar-refractivity contribution in [2.24, 2.45) is 5.92 Å². The maximum atomic E-state index is 13.3. The first-order valence-corrected chi connectivity index (χ1v) is 10.8. The summed E-state index contributed by atoms with van der Waals surface area (Å²) in [7, 11) is 0. The molecule has 5 rings (SSSR count). The fourth-order valence-electron chi connectivity index (χ4n) is 4.81. The molecule has 0 radical (unpaired) electrons. The van der Waals surface area contributed by atoms with Gasteiger partial charge in [-0.2, -0.15) is 11.3 Å². The zero-order valence-corrected chi connectivity index (χ0v) is 16.4. The maximum Gasteiger partial charge on any atom is 0.250 e. The average molecular weight is 394 g/mol. The molecule has 0 spiro atoms. The fraction of sp³-hybridized carbons (Fsp3) is 0.364. The van der Waals surface area contributed by atoms with Crippen LogP contribution in [0.15, 0.2) is 64.3 Å². The molecule has 2 bridgehead atoms. The van der Waals surface area contributed by atoms with Crippen LogP contribution in [0.4, 0.5) is 0 Å². The number of pyridine rings is 1. The van der Waals surface area contributed by atoms with E-state index in [1.807, 2.05) is 46.1 Å². The zero-order valence-electron chi connectivity index (χ0n) is 15.6. The van der Waals surface area contributed by atoms with E-state index in [0.29, 0.717) is 18.9 Å². The van der Waals surface area contributed by atoms with Crippen LogP contribution in [0.3, 0.4) is 0 Å². The standard InChI is InChI=1S/C22H23N3O2S/c26-21-5-3-4-19-18-10-16(13-25(19)21)12-24(14-18)22(27)11-20(17-6-9-28-15-17)23-7-1-2-8-23/h1-9,15-16,18,20H,10-14H2/t16-,18+,20?/m1/s1. The largest absolute Gasteiger partial charge is 0.346 e. The lowest BCUT2D eigenvalue weighted by Crippen LogP contribution is -2.49. The van der Waals surface area contributed by atoms with Crippen molar-refractivity contribution in [2.75, 3.05) is 13.1 Å². The number of carbonyl (C=O) groups is 1. The van der Waals surface area contributed by atoms with Crippen LogP contribution in [0, 0.1) is 5.92 Å². The maximum absolute atomic E-state index is 13.3. The number of rotatable bonds is 4. The van der Waals surface area contributed by atoms with Crippen molar-refractivity contribution in [1.29, 1.82) is 0 Å². The van der Waals surface area contributed by atoms with Gasteiger partial charge in [-0.1, -0.05) is 6.07 Å². The van der Waals surface area contributed by atoms with E-state index >= 15 is 0 Å². The molecule has 1 unspecified atom stereocenters. The predicted octanol–water partition coefficient (Wildman–Crippen LogP) is 3.34. The third kappa shape index (κ3) is 3.11. The molecule has 0 aliphatic carbocycles. The van der Waals surface area contributed by atoms with Crippen molar-refractivity contribution in [1.82, 2.24) is 14.0 Å². The van der Waals surface area contributed by atoms with E-state index in [2.05, 4.69) is 21.4 Å². The minimum atomic E-state index is 0.0328. The molecular formula is C22H23N3O2S. The highest BCUT2D eigenvalue weighted by molar-refractivity contribution is 7.08. The van der Waals surface area contributed by atoms with E-state index in [1.165, 1.54) is 5.56 Å². The van der Waals surface area contributed by atoms with Crippen molar-refractivity contribution in [3.05, 3.63) is 81.2 Å². The Kier molecular flexibility index (Phi) is 4.43. The van der Waals surface area contributed by atoms with E-state index in [-0.39, 0.29) is 23.4 Å². The van der Waals surface area contributed by atoms with Crippen LogP contribution < -0.4 is 5.56 Å². The van der Waals surface area contributed by atoms with Crippen molar-refractivity contribution in [3.8, 4) is 0 Å². The topological polar surface area (TPSA) is 47.2 Å². The highest BCUT2D eigenvalue weighted by Crippen LogP contribution is 2.36. The Labute approximate surface area is 167 Å². The van der Waals surface area contributed by atoms with Crippen LogP contribution in [-0.2, 0) is 11.3 Å². The van der Waals surface area contributed by atoms with Crippen molar-refractivity contribution in [3.63, 3.8) is 0 Å². The lowest BCUT2D eigenvalue weighted by atomic mass is 9.83. The van der Waals surface area contributed by atoms with Gasteiger partial charge in [0, 0.05) is 49.7 Å². The van der Waals surface area contributed by atoms with Crippen LogP contribution in [0.1, 0.15) is 36.1 Å². The number of piperidine rings is 1. The van der Waals surface area contributed by atoms with Gasteiger partial charge in [-0.25, -0.2) is 0 Å². The summed E-state index contributed by atoms with van der Waals surface area (Å²) in [5.41, 5.74) is 2.35. The molecule has 3 atom stereocenters. The highest BCUT2D eigenvalue weighted by atomic mass is 32.1. The number of carbonyl (C=O) groups excluding carboxylic acids is 1. The Morgan fingerprint density at radius 1 is 1.11 bits per heavy atom. The Morgan fingerprint density at radius 2 is 1.96 bits per heavy atom. The lowest BCUT2D eigenvalue weighted by molar-refractivity contribution is -0.134. The molecule has 5 heterocycles. The van der Waals surface area contributed by atoms with Crippen LogP contribution in [-0.4, -0.2) is 33.0 Å². The summed E-state index contributed by atoms with van der Waals surface area (Å²) < 4.78 is 4.04. The van der Waals surface area contributed by atoms with Crippen LogP contribution in [0.5, 0.6) is 0 Å². The number of nitrogens with zero attached hydrogens (tertiary/aromatic N) is 3. The van der Waals surface area contributed by atoms with E-state index < -0.39 is 0 Å². The van der Waals surface area contributed by atoms with Crippen LogP contribution in [0.25, 0.3) is 0 Å². The van der Waals surface area contributed by atoms with Gasteiger partial charge in [0.15, 0.2) is 0 Å². The second-order valence-corrected chi connectivity index (χ2v) is 8.68. The molecule has 1 fully saturated rings. The summed E-state index contributed by atoms with van der Waals surface area (Å²) in [5, 5.41) is 4.20. The number of fused-ring (bicyclic) bond motifs is 4. The fourth-order valence-corrected chi connectivity index (χ4v) is 5.52. The van der Waals surface area contributed by atoms with Gasteiger partial charge in [0.25, 0.3) is 5.56 Å². The Bertz CT molecular complexity index is 988. The first kappa shape index (κ1) is 17.5. The zero-order chi connectivity index (χ0) is 19.1. The molecule has 5 nitrogen and oxygen atoms in total. The van der Waals surface area contributed by atoms with E-state index in [0.717, 1.165) is 25.2 Å². The highest BCUT2D eigenvalue weighted by Gasteiger charge is 2.36. The predicted molar refractivity (Wildman–Crippen MR) is 110 cm³/mol. The Hall–Kier alpha value is -2.60. The van der Waals surface area contributed by atoms with Gasteiger partial charge in [0.2, 0.25) is 5.91 Å². The first-order valence-electron chi connectivity index (χ1n) is 9.81. The third-order valence-corrected chi connectivity index (χ3v) is 6.82. The molecule has 0 aromatic carbocycles. The number of hydrogen-bond acceptors (Lipinski definition) is 3. The number of amides is 1. The molecule has 1 amide bonds. The molecule has 1 saturated heterocycles. The van der Waals surface area contributed by atoms with Crippen molar-refractivity contribution < 1.29 is 4.79 Å². The van der Waals surface area contributed by atoms with Gasteiger partial charge in [-0.05, 0) is 52.9 Å². The smallest absolute Gasteiger partial charge is 0.250 e. The number of likely N-dealkylation sites (tertiary alicyclic amines) is 1. The molecule has 0 saturated carbocycles. The Balaban J connectivity index is 1.37. The van der Waals surface area contributed by atoms with Crippen molar-refractivity contribution >= 4 is 17.2 Å². The third-order valence-electron chi connectivity index (χ3n) is 6.12. The van der Waals surface area contributed by atoms with E-state index in [9.17, 15) is 9.59 Å². The molecular weight excluding hydrogens is 370 g/mol. The van der Waals surface area contributed by atoms with Crippen molar-refractivity contribution in [2.45, 2.75) is 31.3 Å². The monoisotopic (exact) mass is 393 g/mol. The van der Waals surface area contributed by atoms with Crippen LogP contribution in [0.2, 0.25) is 0 Å². The molecule has 28 heavy (non-hydrogen) atoms. The first-order chi connectivity index (χ1) is 13.7. The van der Waals surface area contributed by atoms with Gasteiger partial charge >= 0.3 is 0 Å². The molecule has 144 valence electrons. The second kappa shape index (κ2) is 7.09. The number of aromatic nitrogens is 2. The average Bonchev–Trinajstić information content (AvgIpc) is 3.41. The summed E-state index contributed by atoms with van der Waals surface area (Å²) in [6.07, 6.45) is 5.59. The molecule has 3 aromatic heterocycles. The van der Waals surface area contributed by atoms with Gasteiger partial charge in [-0.3, -0.25) is 9.59 Å². The molecule has 0 N–H and O–H groups in total. The summed E-state index contributed by atoms with van der Waals surface area (Å²) in [6.45, 7) is 2.18. The summed E-state index contributed by atoms with van der Waals surface area (Å²) in [4.78, 5) is 27.5. The number of thiophene rings is 1.